The number of aryl methyl sites for hydroxylation is 1. The Morgan fingerprint density at radius 1 is 1.03 bits per heavy atom. The lowest BCUT2D eigenvalue weighted by Crippen LogP contribution is -2.56. The first kappa shape index (κ1) is 24.7. The van der Waals surface area contributed by atoms with Crippen LogP contribution in [0.25, 0.3) is 34.0 Å². The van der Waals surface area contributed by atoms with Crippen LogP contribution in [0.3, 0.4) is 0 Å². The lowest BCUT2D eigenvalue weighted by Gasteiger charge is -2.38. The number of hydrogen-bond acceptors (Lipinski definition) is 5. The van der Waals surface area contributed by atoms with Crippen molar-refractivity contribution in [3.63, 3.8) is 0 Å². The zero-order valence-corrected chi connectivity index (χ0v) is 20.0. The lowest BCUT2D eigenvalue weighted by atomic mass is 9.76. The third-order valence-corrected chi connectivity index (χ3v) is 6.89. The maximum atomic E-state index is 14.0. The molecule has 0 unspecified atom stereocenters. The van der Waals surface area contributed by atoms with Crippen LogP contribution in [0.4, 0.5) is 13.2 Å². The molecule has 1 fully saturated rings. The van der Waals surface area contributed by atoms with Gasteiger partial charge in [-0.15, -0.1) is 0 Å². The van der Waals surface area contributed by atoms with E-state index in [0.29, 0.717) is 30.5 Å². The Bertz CT molecular complexity index is 1440. The molecule has 3 aromatic carbocycles. The van der Waals surface area contributed by atoms with Crippen LogP contribution in [-0.2, 0) is 17.5 Å². The fraction of sp³-hybridized carbons (Fsp3) is 0.250. The van der Waals surface area contributed by atoms with Crippen molar-refractivity contribution in [2.75, 3.05) is 0 Å². The average molecular weight is 508 g/mol. The predicted molar refractivity (Wildman–Crippen MR) is 131 cm³/mol. The summed E-state index contributed by atoms with van der Waals surface area (Å²) in [4.78, 5) is 15.8. The molecule has 0 radical (unpaired) electrons. The van der Waals surface area contributed by atoms with E-state index in [1.165, 1.54) is 6.07 Å². The van der Waals surface area contributed by atoms with Gasteiger partial charge in [0.2, 0.25) is 5.82 Å². The van der Waals surface area contributed by atoms with Gasteiger partial charge >= 0.3 is 12.1 Å². The van der Waals surface area contributed by atoms with E-state index in [4.69, 9.17) is 4.52 Å². The third-order valence-electron chi connectivity index (χ3n) is 6.89. The minimum absolute atomic E-state index is 0.0176. The van der Waals surface area contributed by atoms with E-state index in [-0.39, 0.29) is 22.8 Å². The Morgan fingerprint density at radius 2 is 1.73 bits per heavy atom. The molecule has 9 heteroatoms. The lowest BCUT2D eigenvalue weighted by molar-refractivity contribution is -0.149. The molecule has 1 saturated carbocycles. The van der Waals surface area contributed by atoms with Gasteiger partial charge in [0, 0.05) is 17.7 Å². The zero-order chi connectivity index (χ0) is 26.2. The molecule has 0 amide bonds. The molecule has 1 aliphatic rings. The molecule has 4 aromatic rings. The van der Waals surface area contributed by atoms with E-state index in [2.05, 4.69) is 15.5 Å². The van der Waals surface area contributed by atoms with Crippen LogP contribution in [0, 0.1) is 6.92 Å². The maximum absolute atomic E-state index is 14.0. The van der Waals surface area contributed by atoms with Gasteiger partial charge < -0.3 is 9.63 Å². The number of halogens is 3. The monoisotopic (exact) mass is 507 g/mol. The predicted octanol–water partition coefficient (Wildman–Crippen LogP) is 6.49. The first-order valence-electron chi connectivity index (χ1n) is 11.9. The number of carbonyl (C=O) groups is 1. The van der Waals surface area contributed by atoms with Gasteiger partial charge in [0.1, 0.15) is 5.54 Å². The van der Waals surface area contributed by atoms with Crippen molar-refractivity contribution in [1.82, 2.24) is 15.5 Å². The van der Waals surface area contributed by atoms with Crippen LogP contribution in [-0.4, -0.2) is 26.8 Å². The molecule has 5 rings (SSSR count). The standard InChI is InChI=1S/C28H24F3N3O3/c1-17-5-2-3-6-21(17)22-12-11-20(15-23(22)28(29,30)31)25-33-24(34-37-25)19-9-7-18(8-10-19)16-32-27(26(35)36)13-4-14-27/h2-3,5-12,15,32H,4,13-14,16H2,1H3,(H,35,36). The summed E-state index contributed by atoms with van der Waals surface area (Å²) in [5.41, 5.74) is 1.39. The number of nitrogens with zero attached hydrogens (tertiary/aromatic N) is 2. The molecule has 190 valence electrons. The van der Waals surface area contributed by atoms with E-state index in [1.807, 2.05) is 12.1 Å². The van der Waals surface area contributed by atoms with Gasteiger partial charge in [0.05, 0.1) is 5.56 Å². The van der Waals surface area contributed by atoms with Crippen molar-refractivity contribution in [1.29, 1.82) is 0 Å². The van der Waals surface area contributed by atoms with E-state index < -0.39 is 23.2 Å². The zero-order valence-electron chi connectivity index (χ0n) is 20.0. The van der Waals surface area contributed by atoms with Crippen LogP contribution in [0.5, 0.6) is 0 Å². The number of aliphatic carboxylic acids is 1. The highest BCUT2D eigenvalue weighted by Crippen LogP contribution is 2.40. The van der Waals surface area contributed by atoms with Crippen molar-refractivity contribution >= 4 is 5.97 Å². The van der Waals surface area contributed by atoms with Crippen molar-refractivity contribution in [2.45, 2.75) is 44.4 Å². The Morgan fingerprint density at radius 3 is 2.35 bits per heavy atom. The van der Waals surface area contributed by atoms with E-state index in [0.717, 1.165) is 23.6 Å². The highest BCUT2D eigenvalue weighted by Gasteiger charge is 2.43. The van der Waals surface area contributed by atoms with Gasteiger partial charge in [-0.05, 0) is 60.6 Å². The normalized spacial score (nSPS) is 14.8. The Balaban J connectivity index is 1.37. The molecule has 0 aliphatic heterocycles. The second kappa shape index (κ2) is 9.48. The molecule has 1 heterocycles. The summed E-state index contributed by atoms with van der Waals surface area (Å²) in [6.45, 7) is 2.17. The second-order valence-electron chi connectivity index (χ2n) is 9.29. The Hall–Kier alpha value is -3.98. The first-order valence-corrected chi connectivity index (χ1v) is 11.9. The largest absolute Gasteiger partial charge is 0.480 e. The van der Waals surface area contributed by atoms with Gasteiger partial charge in [0.15, 0.2) is 0 Å². The van der Waals surface area contributed by atoms with E-state index in [1.54, 1.807) is 49.4 Å². The number of aromatic nitrogens is 2. The summed E-state index contributed by atoms with van der Waals surface area (Å²) in [6.07, 6.45) is -2.47. The fourth-order valence-corrected chi connectivity index (χ4v) is 4.52. The molecule has 0 saturated heterocycles. The number of alkyl halides is 3. The summed E-state index contributed by atoms with van der Waals surface area (Å²) < 4.78 is 47.2. The van der Waals surface area contributed by atoms with Gasteiger partial charge in [-0.25, -0.2) is 0 Å². The van der Waals surface area contributed by atoms with Crippen LogP contribution in [0.15, 0.2) is 71.3 Å². The number of hydrogen-bond donors (Lipinski definition) is 2. The molecule has 37 heavy (non-hydrogen) atoms. The van der Waals surface area contributed by atoms with Gasteiger partial charge in [-0.1, -0.05) is 59.8 Å². The topological polar surface area (TPSA) is 88.2 Å². The van der Waals surface area contributed by atoms with Crippen LogP contribution < -0.4 is 5.32 Å². The summed E-state index contributed by atoms with van der Waals surface area (Å²) >= 11 is 0. The van der Waals surface area contributed by atoms with Gasteiger partial charge in [0.25, 0.3) is 5.89 Å². The number of nitrogens with one attached hydrogen (secondary N) is 1. The smallest absolute Gasteiger partial charge is 0.417 e. The Kier molecular flexibility index (Phi) is 6.33. The van der Waals surface area contributed by atoms with Gasteiger partial charge in [-0.3, -0.25) is 10.1 Å². The Labute approximate surface area is 211 Å². The summed E-state index contributed by atoms with van der Waals surface area (Å²) in [5.74, 6) is -0.613. The van der Waals surface area contributed by atoms with Gasteiger partial charge in [-0.2, -0.15) is 18.2 Å². The number of carboxylic acids is 1. The third kappa shape index (κ3) is 4.86. The summed E-state index contributed by atoms with van der Waals surface area (Å²) in [5, 5.41) is 16.5. The first-order chi connectivity index (χ1) is 17.7. The SMILES string of the molecule is Cc1ccccc1-c1ccc(-c2nc(-c3ccc(CNC4(C(=O)O)CCC4)cc3)no2)cc1C(F)(F)F. The molecule has 0 atom stereocenters. The van der Waals surface area contributed by atoms with E-state index in [9.17, 15) is 23.1 Å². The molecule has 1 aromatic heterocycles. The summed E-state index contributed by atoms with van der Waals surface area (Å²) in [6, 6.07) is 18.1. The second-order valence-corrected chi connectivity index (χ2v) is 9.29. The molecular weight excluding hydrogens is 483 g/mol. The van der Waals surface area contributed by atoms with Crippen LogP contribution in [0.1, 0.15) is 36.0 Å². The van der Waals surface area contributed by atoms with Crippen LogP contribution in [0.2, 0.25) is 0 Å². The fourth-order valence-electron chi connectivity index (χ4n) is 4.52. The maximum Gasteiger partial charge on any atom is 0.417 e. The van der Waals surface area contributed by atoms with Crippen molar-refractivity contribution in [3.05, 3.63) is 83.4 Å². The van der Waals surface area contributed by atoms with E-state index >= 15 is 0 Å². The van der Waals surface area contributed by atoms with Crippen molar-refractivity contribution in [2.24, 2.45) is 0 Å². The molecular formula is C28H24F3N3O3. The highest BCUT2D eigenvalue weighted by molar-refractivity contribution is 5.80. The minimum atomic E-state index is -4.57. The number of rotatable bonds is 7. The van der Waals surface area contributed by atoms with Crippen LogP contribution >= 0.6 is 0 Å². The average Bonchev–Trinajstić information content (AvgIpc) is 3.33. The molecule has 1 aliphatic carbocycles. The van der Waals surface area contributed by atoms with Crippen molar-refractivity contribution in [3.8, 4) is 34.0 Å². The molecule has 0 bridgehead atoms. The molecule has 6 nitrogen and oxygen atoms in total. The summed E-state index contributed by atoms with van der Waals surface area (Å²) in [7, 11) is 0. The number of carboxylic acid groups (broad SMARTS) is 1. The molecule has 2 N–H and O–H groups in total. The quantitative estimate of drug-likeness (QED) is 0.297. The highest BCUT2D eigenvalue weighted by atomic mass is 19.4. The van der Waals surface area contributed by atoms with Crippen molar-refractivity contribution < 1.29 is 27.6 Å². The number of benzene rings is 3. The minimum Gasteiger partial charge on any atom is -0.480 e. The molecule has 0 spiro atoms.